The van der Waals surface area contributed by atoms with Crippen LogP contribution in [0.2, 0.25) is 0 Å². The molecule has 0 unspecified atom stereocenters. The summed E-state index contributed by atoms with van der Waals surface area (Å²) in [6.07, 6.45) is -0.158. The van der Waals surface area contributed by atoms with Crippen molar-refractivity contribution in [3.8, 4) is 5.75 Å². The van der Waals surface area contributed by atoms with Crippen LogP contribution in [0.1, 0.15) is 29.4 Å². The maximum absolute atomic E-state index is 12.0. The molecule has 0 aliphatic heterocycles. The van der Waals surface area contributed by atoms with Crippen molar-refractivity contribution in [3.05, 3.63) is 46.8 Å². The minimum absolute atomic E-state index is 0.0727. The molecule has 8 heteroatoms. The second kappa shape index (κ2) is 8.28. The van der Waals surface area contributed by atoms with Crippen molar-refractivity contribution in [2.45, 2.75) is 33.7 Å². The van der Waals surface area contributed by atoms with E-state index in [0.29, 0.717) is 22.6 Å². The van der Waals surface area contributed by atoms with Crippen LogP contribution in [0.15, 0.2) is 29.4 Å². The Labute approximate surface area is 151 Å². The van der Waals surface area contributed by atoms with Crippen LogP contribution < -0.4 is 10.2 Å². The van der Waals surface area contributed by atoms with E-state index >= 15 is 0 Å². The molecule has 0 radical (unpaired) electrons. The molecule has 8 nitrogen and oxygen atoms in total. The van der Waals surface area contributed by atoms with Gasteiger partial charge >= 0.3 is 5.97 Å². The molecule has 1 amide bonds. The monoisotopic (exact) mass is 358 g/mol. The van der Waals surface area contributed by atoms with Crippen LogP contribution >= 0.6 is 0 Å². The Morgan fingerprint density at radius 1 is 1.31 bits per heavy atom. The number of amides is 1. The molecule has 138 valence electrons. The molecular weight excluding hydrogens is 336 g/mol. The van der Waals surface area contributed by atoms with Crippen LogP contribution in [-0.2, 0) is 22.6 Å². The molecule has 1 aromatic carbocycles. The number of hydrogen-bond acceptors (Lipinski definition) is 5. The summed E-state index contributed by atoms with van der Waals surface area (Å²) in [5.41, 5.74) is 6.04. The Hall–Kier alpha value is -3.16. The first kappa shape index (κ1) is 19.2. The highest BCUT2D eigenvalue weighted by molar-refractivity contribution is 5.99. The third-order valence-electron chi connectivity index (χ3n) is 3.78. The van der Waals surface area contributed by atoms with E-state index in [2.05, 4.69) is 15.6 Å². The molecule has 0 aliphatic carbocycles. The lowest BCUT2D eigenvalue weighted by Crippen LogP contribution is -2.25. The van der Waals surface area contributed by atoms with Crippen molar-refractivity contribution < 1.29 is 19.4 Å². The normalized spacial score (nSPS) is 11.3. The number of aryl methyl sites for hydroxylation is 2. The quantitative estimate of drug-likeness (QED) is 0.578. The zero-order valence-electron chi connectivity index (χ0n) is 15.2. The highest BCUT2D eigenvalue weighted by Crippen LogP contribution is 2.21. The fourth-order valence-corrected chi connectivity index (χ4v) is 2.52. The second-order valence-corrected chi connectivity index (χ2v) is 5.91. The zero-order valence-corrected chi connectivity index (χ0v) is 15.2. The summed E-state index contributed by atoms with van der Waals surface area (Å²) >= 11 is 0. The summed E-state index contributed by atoms with van der Waals surface area (Å²) in [5.74, 6) is -0.749. The van der Waals surface area contributed by atoms with E-state index in [1.54, 1.807) is 29.8 Å². The summed E-state index contributed by atoms with van der Waals surface area (Å²) in [5, 5.41) is 17.3. The van der Waals surface area contributed by atoms with E-state index < -0.39 is 5.97 Å². The van der Waals surface area contributed by atoms with Gasteiger partial charge in [0, 0.05) is 11.3 Å². The standard InChI is InChI=1S/C18H22N4O4/c1-11-7-12(2)22(21-11)10-17(23)20-19-13(3)14-5-6-16(26-4)15(8-14)9-18(24)25/h5-8H,9-10H2,1-4H3,(H,20,23)(H,24,25)/b19-13-. The Bertz CT molecular complexity index is 855. The molecule has 1 aromatic heterocycles. The average Bonchev–Trinajstić information content (AvgIpc) is 2.89. The molecule has 0 spiro atoms. The fourth-order valence-electron chi connectivity index (χ4n) is 2.52. The van der Waals surface area contributed by atoms with E-state index in [0.717, 1.165) is 11.4 Å². The first-order valence-corrected chi connectivity index (χ1v) is 8.03. The summed E-state index contributed by atoms with van der Waals surface area (Å²) in [6, 6.07) is 7.03. The number of carboxylic acid groups (broad SMARTS) is 1. The molecule has 2 rings (SSSR count). The molecule has 1 heterocycles. The van der Waals surface area contributed by atoms with Gasteiger partial charge in [-0.25, -0.2) is 5.43 Å². The van der Waals surface area contributed by atoms with E-state index in [-0.39, 0.29) is 18.9 Å². The van der Waals surface area contributed by atoms with Crippen LogP contribution in [0.3, 0.4) is 0 Å². The van der Waals surface area contributed by atoms with Gasteiger partial charge in [0.25, 0.3) is 5.91 Å². The fraction of sp³-hybridized carbons (Fsp3) is 0.333. The topological polar surface area (TPSA) is 106 Å². The molecule has 2 aromatic rings. The molecule has 0 atom stereocenters. The third kappa shape index (κ3) is 4.92. The lowest BCUT2D eigenvalue weighted by atomic mass is 10.0. The maximum Gasteiger partial charge on any atom is 0.307 e. The lowest BCUT2D eigenvalue weighted by molar-refractivity contribution is -0.136. The third-order valence-corrected chi connectivity index (χ3v) is 3.78. The molecular formula is C18H22N4O4. The summed E-state index contributed by atoms with van der Waals surface area (Å²) in [4.78, 5) is 23.0. The van der Waals surface area contributed by atoms with Crippen molar-refractivity contribution in [1.82, 2.24) is 15.2 Å². The lowest BCUT2D eigenvalue weighted by Gasteiger charge is -2.09. The van der Waals surface area contributed by atoms with Crippen molar-refractivity contribution in [3.63, 3.8) is 0 Å². The number of carboxylic acids is 1. The number of carbonyl (C=O) groups excluding carboxylic acids is 1. The van der Waals surface area contributed by atoms with Gasteiger partial charge in [-0.1, -0.05) is 0 Å². The van der Waals surface area contributed by atoms with Crippen LogP contribution in [0, 0.1) is 13.8 Å². The van der Waals surface area contributed by atoms with Gasteiger partial charge in [0.2, 0.25) is 0 Å². The molecule has 0 fully saturated rings. The van der Waals surface area contributed by atoms with Crippen LogP contribution in [0.25, 0.3) is 0 Å². The van der Waals surface area contributed by atoms with E-state index in [9.17, 15) is 9.59 Å². The minimum atomic E-state index is -0.951. The first-order valence-electron chi connectivity index (χ1n) is 8.03. The number of ether oxygens (including phenoxy) is 1. The number of aromatic nitrogens is 2. The molecule has 0 saturated carbocycles. The molecule has 2 N–H and O–H groups in total. The number of hydrogen-bond donors (Lipinski definition) is 2. The van der Waals surface area contributed by atoms with E-state index in [1.807, 2.05) is 19.9 Å². The van der Waals surface area contributed by atoms with Gasteiger partial charge in [-0.2, -0.15) is 10.2 Å². The van der Waals surface area contributed by atoms with Crippen molar-refractivity contribution in [2.24, 2.45) is 5.10 Å². The largest absolute Gasteiger partial charge is 0.496 e. The molecule has 26 heavy (non-hydrogen) atoms. The highest BCUT2D eigenvalue weighted by atomic mass is 16.5. The summed E-state index contributed by atoms with van der Waals surface area (Å²) in [7, 11) is 1.49. The number of nitrogens with zero attached hydrogens (tertiary/aromatic N) is 3. The molecule has 0 aliphatic rings. The highest BCUT2D eigenvalue weighted by Gasteiger charge is 2.11. The number of hydrazone groups is 1. The number of carbonyl (C=O) groups is 2. The first-order chi connectivity index (χ1) is 12.3. The average molecular weight is 358 g/mol. The van der Waals surface area contributed by atoms with Gasteiger partial charge in [-0.3, -0.25) is 14.3 Å². The van der Waals surface area contributed by atoms with Crippen molar-refractivity contribution in [2.75, 3.05) is 7.11 Å². The Kier molecular flexibility index (Phi) is 6.11. The number of nitrogens with one attached hydrogen (secondary N) is 1. The van der Waals surface area contributed by atoms with Crippen molar-refractivity contribution >= 4 is 17.6 Å². The van der Waals surface area contributed by atoms with Crippen LogP contribution in [0.5, 0.6) is 5.75 Å². The van der Waals surface area contributed by atoms with Crippen LogP contribution in [-0.4, -0.2) is 39.6 Å². The number of rotatable bonds is 7. The van der Waals surface area contributed by atoms with Crippen molar-refractivity contribution in [1.29, 1.82) is 0 Å². The van der Waals surface area contributed by atoms with Gasteiger partial charge in [0.15, 0.2) is 0 Å². The smallest absolute Gasteiger partial charge is 0.307 e. The molecule has 0 bridgehead atoms. The zero-order chi connectivity index (χ0) is 19.3. The Morgan fingerprint density at radius 2 is 2.04 bits per heavy atom. The van der Waals surface area contributed by atoms with E-state index in [4.69, 9.17) is 9.84 Å². The SMILES string of the molecule is COc1ccc(/C(C)=N\NC(=O)Cn2nc(C)cc2C)cc1CC(=O)O. The number of benzene rings is 1. The van der Waals surface area contributed by atoms with Gasteiger partial charge in [0.1, 0.15) is 12.3 Å². The van der Waals surface area contributed by atoms with E-state index in [1.165, 1.54) is 7.11 Å². The maximum atomic E-state index is 12.0. The van der Waals surface area contributed by atoms with Crippen LogP contribution in [0.4, 0.5) is 0 Å². The second-order valence-electron chi connectivity index (χ2n) is 5.91. The Morgan fingerprint density at radius 3 is 2.62 bits per heavy atom. The number of methoxy groups -OCH3 is 1. The minimum Gasteiger partial charge on any atom is -0.496 e. The predicted molar refractivity (Wildman–Crippen MR) is 96.4 cm³/mol. The Balaban J connectivity index is 2.09. The molecule has 0 saturated heterocycles. The summed E-state index contributed by atoms with van der Waals surface area (Å²) in [6.45, 7) is 5.55. The number of aliphatic carboxylic acids is 1. The van der Waals surface area contributed by atoms with Gasteiger partial charge in [-0.05, 0) is 50.6 Å². The van der Waals surface area contributed by atoms with Gasteiger partial charge in [-0.15, -0.1) is 0 Å². The summed E-state index contributed by atoms with van der Waals surface area (Å²) < 4.78 is 6.78. The van der Waals surface area contributed by atoms with Gasteiger partial charge in [0.05, 0.1) is 24.9 Å². The van der Waals surface area contributed by atoms with Gasteiger partial charge < -0.3 is 9.84 Å². The predicted octanol–water partition coefficient (Wildman–Crippen LogP) is 1.68.